The molecular formula is C5H5ClN2O. The summed E-state index contributed by atoms with van der Waals surface area (Å²) in [5, 5.41) is 0.373. The number of halogens is 1. The summed E-state index contributed by atoms with van der Waals surface area (Å²) in [4.78, 5) is 8.01. The quantitative estimate of drug-likeness (QED) is 0.472. The first-order chi connectivity index (χ1) is 4.33. The third kappa shape index (κ3) is 1.55. The standard InChI is InChI=1S/C5H5ClN2O/c6-4-2-1-3-5(8-4)9-7/h1-3H,7H2. The molecule has 9 heavy (non-hydrogen) atoms. The van der Waals surface area contributed by atoms with E-state index in [1.807, 2.05) is 0 Å². The molecule has 0 saturated carbocycles. The van der Waals surface area contributed by atoms with Crippen molar-refractivity contribution in [1.29, 1.82) is 0 Å². The maximum absolute atomic E-state index is 5.48. The topological polar surface area (TPSA) is 48.1 Å². The first-order valence-electron chi connectivity index (χ1n) is 2.32. The summed E-state index contributed by atoms with van der Waals surface area (Å²) in [5.74, 6) is 5.12. The van der Waals surface area contributed by atoms with Gasteiger partial charge < -0.3 is 4.84 Å². The average molecular weight is 145 g/mol. The zero-order valence-electron chi connectivity index (χ0n) is 4.54. The van der Waals surface area contributed by atoms with Crippen LogP contribution in [0.2, 0.25) is 5.15 Å². The van der Waals surface area contributed by atoms with E-state index in [2.05, 4.69) is 9.82 Å². The summed E-state index contributed by atoms with van der Waals surface area (Å²) in [6, 6.07) is 4.97. The van der Waals surface area contributed by atoms with Crippen LogP contribution in [0.5, 0.6) is 5.88 Å². The van der Waals surface area contributed by atoms with E-state index in [9.17, 15) is 0 Å². The minimum absolute atomic E-state index is 0.322. The van der Waals surface area contributed by atoms with Gasteiger partial charge in [-0.1, -0.05) is 17.7 Å². The molecule has 0 spiro atoms. The summed E-state index contributed by atoms with van der Waals surface area (Å²) < 4.78 is 0. The van der Waals surface area contributed by atoms with Gasteiger partial charge in [0.1, 0.15) is 5.15 Å². The van der Waals surface area contributed by atoms with E-state index in [1.165, 1.54) is 0 Å². The highest BCUT2D eigenvalue weighted by Gasteiger charge is 1.91. The number of hydrogen-bond acceptors (Lipinski definition) is 3. The van der Waals surface area contributed by atoms with Gasteiger partial charge in [0.15, 0.2) is 0 Å². The zero-order valence-corrected chi connectivity index (χ0v) is 5.30. The van der Waals surface area contributed by atoms with Crippen molar-refractivity contribution < 1.29 is 4.84 Å². The van der Waals surface area contributed by atoms with Crippen LogP contribution in [0.15, 0.2) is 18.2 Å². The lowest BCUT2D eigenvalue weighted by molar-refractivity contribution is 0.321. The third-order valence-electron chi connectivity index (χ3n) is 0.810. The molecule has 0 fully saturated rings. The molecule has 0 amide bonds. The molecule has 1 rings (SSSR count). The van der Waals surface area contributed by atoms with Crippen molar-refractivity contribution in [2.75, 3.05) is 0 Å². The number of rotatable bonds is 1. The van der Waals surface area contributed by atoms with Crippen molar-refractivity contribution in [3.05, 3.63) is 23.4 Å². The van der Waals surface area contributed by atoms with Crippen molar-refractivity contribution in [2.45, 2.75) is 0 Å². The molecule has 0 saturated heterocycles. The molecule has 0 aliphatic carbocycles. The SMILES string of the molecule is NOc1cccc(Cl)n1. The Balaban J connectivity index is 2.94. The Labute approximate surface area is 57.4 Å². The third-order valence-corrected chi connectivity index (χ3v) is 1.02. The van der Waals surface area contributed by atoms with E-state index in [0.717, 1.165) is 0 Å². The van der Waals surface area contributed by atoms with Gasteiger partial charge in [-0.15, -0.1) is 0 Å². The average Bonchev–Trinajstić information content (AvgIpc) is 1.88. The molecule has 2 N–H and O–H groups in total. The van der Waals surface area contributed by atoms with Gasteiger partial charge in [-0.3, -0.25) is 0 Å². The Morgan fingerprint density at radius 3 is 2.78 bits per heavy atom. The van der Waals surface area contributed by atoms with Crippen molar-refractivity contribution in [3.8, 4) is 5.88 Å². The first kappa shape index (κ1) is 6.32. The Morgan fingerprint density at radius 2 is 2.33 bits per heavy atom. The van der Waals surface area contributed by atoms with Crippen LogP contribution >= 0.6 is 11.6 Å². The van der Waals surface area contributed by atoms with E-state index < -0.39 is 0 Å². The van der Waals surface area contributed by atoms with Crippen LogP contribution < -0.4 is 10.7 Å². The molecule has 0 aliphatic rings. The van der Waals surface area contributed by atoms with Gasteiger partial charge in [-0.05, 0) is 6.07 Å². The lowest BCUT2D eigenvalue weighted by Crippen LogP contribution is -2.02. The zero-order chi connectivity index (χ0) is 6.69. The van der Waals surface area contributed by atoms with Gasteiger partial charge in [-0.25, -0.2) is 0 Å². The maximum Gasteiger partial charge on any atom is 0.238 e. The van der Waals surface area contributed by atoms with Crippen LogP contribution in [0.3, 0.4) is 0 Å². The van der Waals surface area contributed by atoms with Crippen molar-refractivity contribution in [2.24, 2.45) is 5.90 Å². The first-order valence-corrected chi connectivity index (χ1v) is 2.70. The fourth-order valence-corrected chi connectivity index (χ4v) is 0.611. The van der Waals surface area contributed by atoms with Gasteiger partial charge in [0.25, 0.3) is 0 Å². The minimum atomic E-state index is 0.322. The minimum Gasteiger partial charge on any atom is -0.391 e. The molecule has 3 nitrogen and oxygen atoms in total. The number of hydrogen-bond donors (Lipinski definition) is 1. The lowest BCUT2D eigenvalue weighted by Gasteiger charge is -1.94. The maximum atomic E-state index is 5.48. The van der Waals surface area contributed by atoms with Crippen LogP contribution in [-0.2, 0) is 0 Å². The van der Waals surface area contributed by atoms with Crippen molar-refractivity contribution in [1.82, 2.24) is 4.98 Å². The van der Waals surface area contributed by atoms with Gasteiger partial charge >= 0.3 is 0 Å². The monoisotopic (exact) mass is 144 g/mol. The second-order valence-corrected chi connectivity index (χ2v) is 1.80. The molecule has 0 unspecified atom stereocenters. The summed E-state index contributed by atoms with van der Waals surface area (Å²) in [7, 11) is 0. The molecule has 0 bridgehead atoms. The number of aromatic nitrogens is 1. The van der Waals surface area contributed by atoms with E-state index in [4.69, 9.17) is 17.5 Å². The van der Waals surface area contributed by atoms with Crippen molar-refractivity contribution >= 4 is 11.6 Å². The fourth-order valence-electron chi connectivity index (χ4n) is 0.455. The van der Waals surface area contributed by atoms with Crippen LogP contribution in [0, 0.1) is 0 Å². The largest absolute Gasteiger partial charge is 0.391 e. The second kappa shape index (κ2) is 2.66. The van der Waals surface area contributed by atoms with Gasteiger partial charge in [-0.2, -0.15) is 10.9 Å². The Morgan fingerprint density at radius 1 is 1.56 bits per heavy atom. The molecule has 4 heteroatoms. The summed E-state index contributed by atoms with van der Waals surface area (Å²) in [5.41, 5.74) is 0. The molecule has 1 aromatic rings. The predicted octanol–water partition coefficient (Wildman–Crippen LogP) is 0.988. The molecule has 0 aromatic carbocycles. The van der Waals surface area contributed by atoms with Gasteiger partial charge in [0.2, 0.25) is 5.88 Å². The Bertz CT molecular complexity index is 204. The van der Waals surface area contributed by atoms with Gasteiger partial charge in [0.05, 0.1) is 0 Å². The molecule has 0 atom stereocenters. The van der Waals surface area contributed by atoms with Crippen LogP contribution in [0.1, 0.15) is 0 Å². The molecular weight excluding hydrogens is 140 g/mol. The predicted molar refractivity (Wildman–Crippen MR) is 34.1 cm³/mol. The lowest BCUT2D eigenvalue weighted by atomic mass is 10.5. The van der Waals surface area contributed by atoms with E-state index >= 15 is 0 Å². The summed E-state index contributed by atoms with van der Waals surface area (Å²) >= 11 is 5.48. The molecule has 1 aromatic heterocycles. The van der Waals surface area contributed by atoms with Crippen LogP contribution in [0.4, 0.5) is 0 Å². The highest BCUT2D eigenvalue weighted by molar-refractivity contribution is 6.29. The molecule has 0 aliphatic heterocycles. The fraction of sp³-hybridized carbons (Fsp3) is 0. The van der Waals surface area contributed by atoms with E-state index in [-0.39, 0.29) is 0 Å². The normalized spacial score (nSPS) is 9.11. The van der Waals surface area contributed by atoms with E-state index in [0.29, 0.717) is 11.0 Å². The summed E-state index contributed by atoms with van der Waals surface area (Å²) in [6.45, 7) is 0. The highest BCUT2D eigenvalue weighted by Crippen LogP contribution is 2.09. The highest BCUT2D eigenvalue weighted by atomic mass is 35.5. The van der Waals surface area contributed by atoms with Crippen LogP contribution in [-0.4, -0.2) is 4.98 Å². The molecule has 1 heterocycles. The van der Waals surface area contributed by atoms with Crippen LogP contribution in [0.25, 0.3) is 0 Å². The number of pyridine rings is 1. The summed E-state index contributed by atoms with van der Waals surface area (Å²) in [6.07, 6.45) is 0. The molecule has 0 radical (unpaired) electrons. The Kier molecular flexibility index (Phi) is 1.87. The smallest absolute Gasteiger partial charge is 0.238 e. The molecule has 48 valence electrons. The Hall–Kier alpha value is -0.800. The van der Waals surface area contributed by atoms with Gasteiger partial charge in [0, 0.05) is 6.07 Å². The van der Waals surface area contributed by atoms with Crippen molar-refractivity contribution in [3.63, 3.8) is 0 Å². The second-order valence-electron chi connectivity index (χ2n) is 1.42. The number of nitrogens with zero attached hydrogens (tertiary/aromatic N) is 1. The van der Waals surface area contributed by atoms with E-state index in [1.54, 1.807) is 18.2 Å². The number of nitrogens with two attached hydrogens (primary N) is 1.